The van der Waals surface area contributed by atoms with E-state index in [2.05, 4.69) is 20.8 Å². The van der Waals surface area contributed by atoms with E-state index in [1.165, 1.54) is 23.9 Å². The maximum absolute atomic E-state index is 12.4. The molecule has 0 spiro atoms. The lowest BCUT2D eigenvalue weighted by Crippen LogP contribution is -2.23. The lowest BCUT2D eigenvalue weighted by Gasteiger charge is -2.11. The van der Waals surface area contributed by atoms with E-state index in [4.69, 9.17) is 0 Å². The summed E-state index contributed by atoms with van der Waals surface area (Å²) in [6.45, 7) is 2.21. The second kappa shape index (κ2) is 8.06. The van der Waals surface area contributed by atoms with Gasteiger partial charge in [0.2, 0.25) is 11.1 Å². The smallest absolute Gasteiger partial charge is 0.292 e. The van der Waals surface area contributed by atoms with Crippen LogP contribution >= 0.6 is 23.1 Å². The molecule has 3 aromatic rings. The first-order valence-electron chi connectivity index (χ1n) is 7.54. The van der Waals surface area contributed by atoms with Crippen LogP contribution in [0.2, 0.25) is 0 Å². The normalized spacial score (nSPS) is 11.9. The quantitative estimate of drug-likeness (QED) is 0.374. The SMILES string of the molecule is CC(Sc1nnnn1Cc1cccs1)C(=O)Nc1ccccc1[N+](=O)[O-]. The fraction of sp³-hybridized carbons (Fsp3) is 0.200. The van der Waals surface area contributed by atoms with Gasteiger partial charge in [-0.2, -0.15) is 0 Å². The van der Waals surface area contributed by atoms with Crippen LogP contribution in [0.3, 0.4) is 0 Å². The number of para-hydroxylation sites is 2. The molecule has 2 aromatic heterocycles. The average Bonchev–Trinajstić information content (AvgIpc) is 3.28. The zero-order chi connectivity index (χ0) is 18.5. The molecule has 1 amide bonds. The van der Waals surface area contributed by atoms with Gasteiger partial charge < -0.3 is 5.32 Å². The predicted octanol–water partition coefficient (Wildman–Crippen LogP) is 2.81. The summed E-state index contributed by atoms with van der Waals surface area (Å²) in [6.07, 6.45) is 0. The third-order valence-electron chi connectivity index (χ3n) is 3.39. The lowest BCUT2D eigenvalue weighted by molar-refractivity contribution is -0.383. The number of aromatic nitrogens is 4. The Morgan fingerprint density at radius 1 is 1.38 bits per heavy atom. The summed E-state index contributed by atoms with van der Waals surface area (Å²) < 4.78 is 1.62. The minimum absolute atomic E-state index is 0.152. The molecule has 1 N–H and O–H groups in total. The van der Waals surface area contributed by atoms with E-state index < -0.39 is 10.2 Å². The van der Waals surface area contributed by atoms with Crippen LogP contribution in [0.25, 0.3) is 0 Å². The van der Waals surface area contributed by atoms with Crippen LogP contribution in [0.15, 0.2) is 46.9 Å². The highest BCUT2D eigenvalue weighted by molar-refractivity contribution is 8.00. The summed E-state index contributed by atoms with van der Waals surface area (Å²) in [5, 5.41) is 27.1. The van der Waals surface area contributed by atoms with Crippen LogP contribution in [0.1, 0.15) is 11.8 Å². The van der Waals surface area contributed by atoms with Crippen LogP contribution in [-0.2, 0) is 11.3 Å². The number of hydrogen-bond acceptors (Lipinski definition) is 8. The van der Waals surface area contributed by atoms with Crippen molar-refractivity contribution in [2.24, 2.45) is 0 Å². The average molecular weight is 390 g/mol. The van der Waals surface area contributed by atoms with Gasteiger partial charge in [-0.25, -0.2) is 4.68 Å². The van der Waals surface area contributed by atoms with Crippen LogP contribution in [0, 0.1) is 10.1 Å². The molecular formula is C15H14N6O3S2. The standard InChI is InChI=1S/C15H14N6O3S2/c1-10(14(22)16-12-6-2-3-7-13(12)21(23)24)26-15-17-18-19-20(15)9-11-5-4-8-25-11/h2-8,10H,9H2,1H3,(H,16,22). The molecule has 0 radical (unpaired) electrons. The van der Waals surface area contributed by atoms with Crippen molar-refractivity contribution in [1.29, 1.82) is 0 Å². The molecule has 1 unspecified atom stereocenters. The van der Waals surface area contributed by atoms with Crippen LogP contribution in [-0.4, -0.2) is 36.3 Å². The van der Waals surface area contributed by atoms with Gasteiger partial charge in [0.05, 0.1) is 16.7 Å². The first-order chi connectivity index (χ1) is 12.5. The first-order valence-corrected chi connectivity index (χ1v) is 9.30. The monoisotopic (exact) mass is 390 g/mol. The molecular weight excluding hydrogens is 376 g/mol. The molecule has 134 valence electrons. The fourth-order valence-electron chi connectivity index (χ4n) is 2.11. The van der Waals surface area contributed by atoms with Crippen molar-refractivity contribution in [3.05, 3.63) is 56.8 Å². The van der Waals surface area contributed by atoms with E-state index in [-0.39, 0.29) is 17.3 Å². The van der Waals surface area contributed by atoms with Gasteiger partial charge in [-0.05, 0) is 34.9 Å². The molecule has 0 aliphatic heterocycles. The van der Waals surface area contributed by atoms with Gasteiger partial charge in [0.15, 0.2) is 0 Å². The largest absolute Gasteiger partial charge is 0.319 e. The molecule has 0 bridgehead atoms. The number of nitrogens with one attached hydrogen (secondary N) is 1. The maximum atomic E-state index is 12.4. The molecule has 0 aliphatic rings. The summed E-state index contributed by atoms with van der Waals surface area (Å²) in [4.78, 5) is 24.0. The fourth-order valence-corrected chi connectivity index (χ4v) is 3.59. The van der Waals surface area contributed by atoms with Crippen molar-refractivity contribution in [2.75, 3.05) is 5.32 Å². The Morgan fingerprint density at radius 2 is 2.19 bits per heavy atom. The second-order valence-electron chi connectivity index (χ2n) is 5.22. The van der Waals surface area contributed by atoms with E-state index in [9.17, 15) is 14.9 Å². The molecule has 0 saturated heterocycles. The Balaban J connectivity index is 1.67. The van der Waals surface area contributed by atoms with Crippen molar-refractivity contribution in [1.82, 2.24) is 20.2 Å². The number of nitro benzene ring substituents is 1. The highest BCUT2D eigenvalue weighted by atomic mass is 32.2. The van der Waals surface area contributed by atoms with Gasteiger partial charge in [-0.1, -0.05) is 30.0 Å². The zero-order valence-electron chi connectivity index (χ0n) is 13.6. The first kappa shape index (κ1) is 18.0. The van der Waals surface area contributed by atoms with Crippen LogP contribution in [0.5, 0.6) is 0 Å². The summed E-state index contributed by atoms with van der Waals surface area (Å²) in [5.41, 5.74) is 0.00806. The number of thioether (sulfide) groups is 1. The van der Waals surface area contributed by atoms with Gasteiger partial charge in [0.25, 0.3) is 5.69 Å². The molecule has 0 saturated carbocycles. The number of tetrazole rings is 1. The summed E-state index contributed by atoms with van der Waals surface area (Å²) in [7, 11) is 0. The van der Waals surface area contributed by atoms with E-state index in [0.29, 0.717) is 11.7 Å². The lowest BCUT2D eigenvalue weighted by atomic mass is 10.2. The van der Waals surface area contributed by atoms with Gasteiger partial charge in [-0.15, -0.1) is 16.4 Å². The number of nitro groups is 1. The number of rotatable bonds is 7. The predicted molar refractivity (Wildman–Crippen MR) is 98.3 cm³/mol. The Labute approximate surface area is 156 Å². The Bertz CT molecular complexity index is 912. The molecule has 1 atom stereocenters. The van der Waals surface area contributed by atoms with Crippen molar-refractivity contribution in [3.8, 4) is 0 Å². The highest BCUT2D eigenvalue weighted by Gasteiger charge is 2.22. The molecule has 0 fully saturated rings. The Hall–Kier alpha value is -2.79. The van der Waals surface area contributed by atoms with Crippen molar-refractivity contribution in [2.45, 2.75) is 23.9 Å². The Morgan fingerprint density at radius 3 is 2.92 bits per heavy atom. The van der Waals surface area contributed by atoms with Crippen molar-refractivity contribution in [3.63, 3.8) is 0 Å². The number of thiophene rings is 1. The number of nitrogens with zero attached hydrogens (tertiary/aromatic N) is 5. The third kappa shape index (κ3) is 4.24. The van der Waals surface area contributed by atoms with Crippen LogP contribution in [0.4, 0.5) is 11.4 Å². The van der Waals surface area contributed by atoms with Gasteiger partial charge in [-0.3, -0.25) is 14.9 Å². The van der Waals surface area contributed by atoms with Gasteiger partial charge >= 0.3 is 0 Å². The summed E-state index contributed by atoms with van der Waals surface area (Å²) in [5.74, 6) is -0.366. The number of amides is 1. The number of carbonyl (C=O) groups excluding carboxylic acids is 1. The number of carbonyl (C=O) groups is 1. The van der Waals surface area contributed by atoms with E-state index in [0.717, 1.165) is 4.88 Å². The van der Waals surface area contributed by atoms with E-state index >= 15 is 0 Å². The van der Waals surface area contributed by atoms with Gasteiger partial charge in [0.1, 0.15) is 5.69 Å². The molecule has 3 rings (SSSR count). The van der Waals surface area contributed by atoms with Crippen LogP contribution < -0.4 is 5.32 Å². The highest BCUT2D eigenvalue weighted by Crippen LogP contribution is 2.26. The molecule has 26 heavy (non-hydrogen) atoms. The minimum Gasteiger partial charge on any atom is -0.319 e. The third-order valence-corrected chi connectivity index (χ3v) is 5.33. The zero-order valence-corrected chi connectivity index (χ0v) is 15.2. The Kier molecular flexibility index (Phi) is 5.58. The molecule has 9 nitrogen and oxygen atoms in total. The minimum atomic E-state index is -0.539. The number of hydrogen-bond donors (Lipinski definition) is 1. The number of anilines is 1. The number of benzene rings is 1. The molecule has 0 aliphatic carbocycles. The van der Waals surface area contributed by atoms with Crippen molar-refractivity contribution < 1.29 is 9.72 Å². The molecule has 2 heterocycles. The molecule has 1 aromatic carbocycles. The topological polar surface area (TPSA) is 116 Å². The van der Waals surface area contributed by atoms with E-state index in [1.54, 1.807) is 35.1 Å². The van der Waals surface area contributed by atoms with Crippen molar-refractivity contribution >= 4 is 40.4 Å². The summed E-state index contributed by atoms with van der Waals surface area (Å²) >= 11 is 2.78. The summed E-state index contributed by atoms with van der Waals surface area (Å²) in [6, 6.07) is 9.93. The van der Waals surface area contributed by atoms with Gasteiger partial charge in [0, 0.05) is 10.9 Å². The molecule has 11 heteroatoms. The second-order valence-corrected chi connectivity index (χ2v) is 7.56. The van der Waals surface area contributed by atoms with E-state index in [1.807, 2.05) is 17.5 Å². The maximum Gasteiger partial charge on any atom is 0.292 e.